The lowest BCUT2D eigenvalue weighted by Crippen LogP contribution is -2.41. The van der Waals surface area contributed by atoms with E-state index >= 15 is 0 Å². The van der Waals surface area contributed by atoms with E-state index in [2.05, 4.69) is 115 Å². The van der Waals surface area contributed by atoms with Gasteiger partial charge in [-0.25, -0.2) is 0 Å². The average molecular weight is 421 g/mol. The van der Waals surface area contributed by atoms with Crippen molar-refractivity contribution in [2.75, 3.05) is 23.0 Å². The summed E-state index contributed by atoms with van der Waals surface area (Å²) in [6.07, 6.45) is 0. The monoisotopic (exact) mass is 420 g/mol. The van der Waals surface area contributed by atoms with E-state index in [1.807, 2.05) is 0 Å². The van der Waals surface area contributed by atoms with Gasteiger partial charge in [-0.3, -0.25) is 0 Å². The van der Waals surface area contributed by atoms with Gasteiger partial charge >= 0.3 is 0 Å². The van der Waals surface area contributed by atoms with Crippen LogP contribution in [-0.4, -0.2) is 18.8 Å². The first-order valence-corrected chi connectivity index (χ1v) is 12.2. The van der Waals surface area contributed by atoms with Crippen molar-refractivity contribution >= 4 is 11.4 Å². The molecule has 2 nitrogen and oxygen atoms in total. The quantitative estimate of drug-likeness (QED) is 0.464. The lowest BCUT2D eigenvalue weighted by Gasteiger charge is -2.36. The number of anilines is 2. The van der Waals surface area contributed by atoms with Gasteiger partial charge in [0.05, 0.1) is 12.2 Å². The fraction of sp³-hybridized carbons (Fsp3) is 0.586. The molecule has 0 bridgehead atoms. The zero-order valence-electron chi connectivity index (χ0n) is 21.6. The van der Waals surface area contributed by atoms with Crippen LogP contribution in [0.25, 0.3) is 0 Å². The number of nitrogens with zero attached hydrogens (tertiary/aromatic N) is 2. The van der Waals surface area contributed by atoms with Crippen molar-refractivity contribution in [3.8, 4) is 0 Å². The zero-order valence-corrected chi connectivity index (χ0v) is 21.6. The van der Waals surface area contributed by atoms with Crippen molar-refractivity contribution in [2.45, 2.75) is 98.4 Å². The summed E-state index contributed by atoms with van der Waals surface area (Å²) >= 11 is 0. The summed E-state index contributed by atoms with van der Waals surface area (Å²) in [5, 5.41) is 0. The molecule has 0 N–H and O–H groups in total. The number of benzene rings is 2. The Morgan fingerprint density at radius 3 is 1.32 bits per heavy atom. The summed E-state index contributed by atoms with van der Waals surface area (Å²) in [5.74, 6) is 2.04. The van der Waals surface area contributed by atoms with Crippen LogP contribution in [0.5, 0.6) is 0 Å². The standard InChI is InChI=1S/C29H44N2/c1-19(2)23-13-11-14-24(20(3)4)27(23)30-17-29(9,10)31(18-30)28-25(21(5)6)15-12-16-26(28)22(7)8/h11-16,19-22H,17-18H2,1-10H3. The molecule has 1 fully saturated rings. The van der Waals surface area contributed by atoms with Crippen molar-refractivity contribution in [3.63, 3.8) is 0 Å². The fourth-order valence-electron chi connectivity index (χ4n) is 5.19. The van der Waals surface area contributed by atoms with Crippen LogP contribution >= 0.6 is 0 Å². The van der Waals surface area contributed by atoms with Gasteiger partial charge in [0.1, 0.15) is 0 Å². The van der Waals surface area contributed by atoms with E-state index in [-0.39, 0.29) is 5.54 Å². The maximum absolute atomic E-state index is 2.69. The predicted octanol–water partition coefficient (Wildman–Crippen LogP) is 8.24. The zero-order chi connectivity index (χ0) is 23.1. The van der Waals surface area contributed by atoms with Crippen LogP contribution < -0.4 is 9.80 Å². The number of rotatable bonds is 6. The van der Waals surface area contributed by atoms with Gasteiger partial charge in [-0.2, -0.15) is 0 Å². The highest BCUT2D eigenvalue weighted by Crippen LogP contribution is 2.44. The van der Waals surface area contributed by atoms with Crippen molar-refractivity contribution in [2.24, 2.45) is 0 Å². The van der Waals surface area contributed by atoms with E-state index in [4.69, 9.17) is 0 Å². The highest BCUT2D eigenvalue weighted by atomic mass is 15.4. The van der Waals surface area contributed by atoms with Crippen LogP contribution in [0.4, 0.5) is 11.4 Å². The normalized spacial score (nSPS) is 16.5. The molecule has 2 heteroatoms. The molecule has 2 aromatic rings. The van der Waals surface area contributed by atoms with Crippen molar-refractivity contribution in [1.29, 1.82) is 0 Å². The second-order valence-electron chi connectivity index (χ2n) is 11.3. The van der Waals surface area contributed by atoms with Crippen molar-refractivity contribution < 1.29 is 0 Å². The molecule has 1 heterocycles. The van der Waals surface area contributed by atoms with Crippen LogP contribution in [0.1, 0.15) is 115 Å². The first-order chi connectivity index (χ1) is 14.5. The van der Waals surface area contributed by atoms with Gasteiger partial charge in [-0.1, -0.05) is 91.8 Å². The minimum Gasteiger partial charge on any atom is -0.351 e. The van der Waals surface area contributed by atoms with E-state index in [1.54, 1.807) is 0 Å². The third-order valence-corrected chi connectivity index (χ3v) is 6.89. The van der Waals surface area contributed by atoms with Gasteiger partial charge < -0.3 is 9.80 Å². The van der Waals surface area contributed by atoms with E-state index in [0.717, 1.165) is 13.2 Å². The van der Waals surface area contributed by atoms with Crippen LogP contribution in [0, 0.1) is 0 Å². The lowest BCUT2D eigenvalue weighted by atomic mass is 9.90. The second kappa shape index (κ2) is 8.88. The summed E-state index contributed by atoms with van der Waals surface area (Å²) in [6, 6.07) is 13.8. The molecule has 1 aliphatic heterocycles. The molecular weight excluding hydrogens is 376 g/mol. The van der Waals surface area contributed by atoms with E-state index < -0.39 is 0 Å². The van der Waals surface area contributed by atoms with Gasteiger partial charge in [0.2, 0.25) is 0 Å². The van der Waals surface area contributed by atoms with E-state index in [9.17, 15) is 0 Å². The SMILES string of the molecule is CC(C)c1cccc(C(C)C)c1N1CN(c2c(C(C)C)cccc2C(C)C)C(C)(C)C1. The Hall–Kier alpha value is -1.96. The second-order valence-corrected chi connectivity index (χ2v) is 11.3. The predicted molar refractivity (Wildman–Crippen MR) is 138 cm³/mol. The van der Waals surface area contributed by atoms with Crippen LogP contribution in [0.2, 0.25) is 0 Å². The third-order valence-electron chi connectivity index (χ3n) is 6.89. The third kappa shape index (κ3) is 4.49. The van der Waals surface area contributed by atoms with Crippen molar-refractivity contribution in [1.82, 2.24) is 0 Å². The molecule has 1 aliphatic rings. The molecule has 0 aromatic heterocycles. The molecule has 2 aromatic carbocycles. The number of hydrogen-bond donors (Lipinski definition) is 0. The van der Waals surface area contributed by atoms with Crippen LogP contribution in [0.15, 0.2) is 36.4 Å². The maximum atomic E-state index is 2.69. The number of hydrogen-bond acceptors (Lipinski definition) is 2. The Morgan fingerprint density at radius 2 is 0.968 bits per heavy atom. The lowest BCUT2D eigenvalue weighted by molar-refractivity contribution is 0.547. The molecule has 3 rings (SSSR count). The molecule has 31 heavy (non-hydrogen) atoms. The summed E-state index contributed by atoms with van der Waals surface area (Å²) in [7, 11) is 0. The summed E-state index contributed by atoms with van der Waals surface area (Å²) in [5.41, 5.74) is 8.90. The van der Waals surface area contributed by atoms with Gasteiger partial charge in [-0.05, 0) is 59.8 Å². The fourth-order valence-corrected chi connectivity index (χ4v) is 5.19. The molecule has 0 saturated carbocycles. The molecule has 0 amide bonds. The van der Waals surface area contributed by atoms with Crippen LogP contribution in [0.3, 0.4) is 0 Å². The van der Waals surface area contributed by atoms with Gasteiger partial charge in [0.15, 0.2) is 0 Å². The summed E-state index contributed by atoms with van der Waals surface area (Å²) < 4.78 is 0. The maximum Gasteiger partial charge on any atom is 0.0910 e. The Morgan fingerprint density at radius 1 is 0.613 bits per heavy atom. The molecule has 170 valence electrons. The van der Waals surface area contributed by atoms with Gasteiger partial charge in [-0.15, -0.1) is 0 Å². The van der Waals surface area contributed by atoms with E-state index in [0.29, 0.717) is 23.7 Å². The summed E-state index contributed by atoms with van der Waals surface area (Å²) in [6.45, 7) is 25.4. The Bertz CT molecular complexity index is 852. The molecular formula is C29H44N2. The minimum absolute atomic E-state index is 0.0625. The van der Waals surface area contributed by atoms with Crippen molar-refractivity contribution in [3.05, 3.63) is 58.7 Å². The molecule has 0 atom stereocenters. The van der Waals surface area contributed by atoms with Gasteiger partial charge in [0, 0.05) is 17.9 Å². The topological polar surface area (TPSA) is 6.48 Å². The van der Waals surface area contributed by atoms with E-state index in [1.165, 1.54) is 33.6 Å². The highest BCUT2D eigenvalue weighted by Gasteiger charge is 2.41. The minimum atomic E-state index is 0.0625. The Kier molecular flexibility index (Phi) is 6.79. The molecule has 1 saturated heterocycles. The largest absolute Gasteiger partial charge is 0.351 e. The number of para-hydroxylation sites is 2. The first-order valence-electron chi connectivity index (χ1n) is 12.2. The van der Waals surface area contributed by atoms with Crippen LogP contribution in [-0.2, 0) is 0 Å². The Labute approximate surface area is 191 Å². The molecule has 0 spiro atoms. The average Bonchev–Trinajstić information content (AvgIpc) is 3.00. The molecule has 0 radical (unpaired) electrons. The van der Waals surface area contributed by atoms with Gasteiger partial charge in [0.25, 0.3) is 0 Å². The molecule has 0 aliphatic carbocycles. The molecule has 0 unspecified atom stereocenters. The highest BCUT2D eigenvalue weighted by molar-refractivity contribution is 5.69. The Balaban J connectivity index is 2.16. The summed E-state index contributed by atoms with van der Waals surface area (Å²) in [4.78, 5) is 5.35. The smallest absolute Gasteiger partial charge is 0.0910 e. The first kappa shape index (κ1) is 23.7.